The van der Waals surface area contributed by atoms with E-state index in [0.717, 1.165) is 42.9 Å². The molecule has 5 aromatic rings. The van der Waals surface area contributed by atoms with E-state index in [-0.39, 0.29) is 6.15 Å². The van der Waals surface area contributed by atoms with Gasteiger partial charge in [-0.3, -0.25) is 0 Å². The maximum absolute atomic E-state index is 8.12. The van der Waals surface area contributed by atoms with Gasteiger partial charge in [-0.05, 0) is 25.1 Å². The molecule has 10 heteroatoms. The third-order valence-corrected chi connectivity index (χ3v) is 8.09. The summed E-state index contributed by atoms with van der Waals surface area (Å²) < 4.78 is 3.01. The number of fused-ring (bicyclic) bond motifs is 1. The van der Waals surface area contributed by atoms with Crippen LogP contribution in [0.15, 0.2) is 59.1 Å². The van der Waals surface area contributed by atoms with E-state index in [9.17, 15) is 0 Å². The van der Waals surface area contributed by atoms with Gasteiger partial charge in [-0.2, -0.15) is 14.7 Å². The summed E-state index contributed by atoms with van der Waals surface area (Å²) in [7, 11) is 0. The van der Waals surface area contributed by atoms with Crippen LogP contribution in [-0.2, 0) is 9.59 Å². The number of aromatic amines is 1. The number of thiazole rings is 1. The average molecular weight is 544 g/mol. The van der Waals surface area contributed by atoms with E-state index in [4.69, 9.17) is 42.9 Å². The second-order valence-corrected chi connectivity index (χ2v) is 11.5. The number of carbonyl (C=O) groups excluding carboxylic acids is 2. The lowest BCUT2D eigenvalue weighted by Gasteiger charge is -2.05. The van der Waals surface area contributed by atoms with Crippen LogP contribution in [0.5, 0.6) is 0 Å². The molecule has 178 valence electrons. The van der Waals surface area contributed by atoms with Crippen molar-refractivity contribution >= 4 is 63.4 Å². The lowest BCUT2D eigenvalue weighted by atomic mass is 10.1. The maximum atomic E-state index is 8.12. The van der Waals surface area contributed by atoms with Crippen LogP contribution < -0.4 is 0 Å². The topological polar surface area (TPSA) is 80.6 Å². The summed E-state index contributed by atoms with van der Waals surface area (Å²) in [5.74, 6) is 0. The molecule has 0 aliphatic carbocycles. The fraction of sp³-hybridized carbons (Fsp3) is 0.160. The number of nitrogens with one attached hydrogen (secondary N) is 1. The number of hydrogen-bond donors (Lipinski definition) is 1. The average Bonchev–Trinajstić information content (AvgIpc) is 3.52. The van der Waals surface area contributed by atoms with Crippen molar-refractivity contribution in [3.05, 3.63) is 70.6 Å². The Kier molecular flexibility index (Phi) is 7.79. The Morgan fingerprint density at radius 2 is 1.83 bits per heavy atom. The van der Waals surface area contributed by atoms with Crippen LogP contribution in [0.1, 0.15) is 19.5 Å². The van der Waals surface area contributed by atoms with Crippen LogP contribution in [0.25, 0.3) is 38.4 Å². The lowest BCUT2D eigenvalue weighted by molar-refractivity contribution is -0.191. The number of benzene rings is 2. The van der Waals surface area contributed by atoms with Gasteiger partial charge >= 0.3 is 6.15 Å². The van der Waals surface area contributed by atoms with Gasteiger partial charge in [-0.1, -0.05) is 72.7 Å². The minimum absolute atomic E-state index is 0.250. The second-order valence-electron chi connectivity index (χ2n) is 7.83. The largest absolute Gasteiger partial charge is 0.373 e. The molecule has 0 unspecified atom stereocenters. The normalized spacial score (nSPS) is 10.9. The van der Waals surface area contributed by atoms with Crippen molar-refractivity contribution in [2.45, 2.75) is 30.2 Å². The summed E-state index contributed by atoms with van der Waals surface area (Å²) in [6, 6.07) is 13.9. The minimum Gasteiger partial charge on any atom is -0.361 e. The molecule has 2 aromatic carbocycles. The Bertz CT molecular complexity index is 1530. The molecule has 3 aromatic heterocycles. The number of para-hydroxylation sites is 1. The summed E-state index contributed by atoms with van der Waals surface area (Å²) in [5.41, 5.74) is 6.16. The highest BCUT2D eigenvalue weighted by molar-refractivity contribution is 8.01. The Labute approximate surface area is 220 Å². The molecule has 3 heterocycles. The molecular weight excluding hydrogens is 523 g/mol. The molecule has 0 saturated carbocycles. The first-order chi connectivity index (χ1) is 16.8. The third-order valence-electron chi connectivity index (χ3n) is 5.09. The van der Waals surface area contributed by atoms with Crippen molar-refractivity contribution < 1.29 is 9.59 Å². The van der Waals surface area contributed by atoms with Gasteiger partial charge in [0.05, 0.1) is 25.6 Å². The lowest BCUT2D eigenvalue weighted by Crippen LogP contribution is -1.94. The summed E-state index contributed by atoms with van der Waals surface area (Å²) in [6.45, 7) is 6.39. The van der Waals surface area contributed by atoms with Crippen molar-refractivity contribution in [2.24, 2.45) is 0 Å². The van der Waals surface area contributed by atoms with Crippen LogP contribution in [-0.4, -0.2) is 31.1 Å². The zero-order valence-electron chi connectivity index (χ0n) is 19.0. The Morgan fingerprint density at radius 1 is 1.09 bits per heavy atom. The number of nitrogens with zero attached hydrogens (tertiary/aromatic N) is 3. The van der Waals surface area contributed by atoms with Crippen molar-refractivity contribution in [1.82, 2.24) is 19.7 Å². The van der Waals surface area contributed by atoms with Gasteiger partial charge in [-0.15, -0.1) is 11.8 Å². The third kappa shape index (κ3) is 5.37. The fourth-order valence-electron chi connectivity index (χ4n) is 3.63. The van der Waals surface area contributed by atoms with Crippen molar-refractivity contribution in [2.75, 3.05) is 0 Å². The fourth-order valence-corrected chi connectivity index (χ4v) is 6.37. The number of hydrogen-bond acceptors (Lipinski definition) is 6. The van der Waals surface area contributed by atoms with E-state index in [2.05, 4.69) is 43.2 Å². The molecule has 0 aliphatic heterocycles. The number of aromatic nitrogens is 4. The molecule has 1 N–H and O–H groups in total. The van der Waals surface area contributed by atoms with E-state index in [1.54, 1.807) is 23.1 Å². The van der Waals surface area contributed by atoms with Crippen LogP contribution in [0, 0.1) is 6.92 Å². The molecule has 0 spiro atoms. The summed E-state index contributed by atoms with van der Waals surface area (Å²) in [5, 5.41) is 8.28. The van der Waals surface area contributed by atoms with E-state index >= 15 is 0 Å². The quantitative estimate of drug-likeness (QED) is 0.230. The zero-order valence-corrected chi connectivity index (χ0v) is 22.1. The van der Waals surface area contributed by atoms with E-state index in [1.165, 1.54) is 5.39 Å². The van der Waals surface area contributed by atoms with Gasteiger partial charge in [0.1, 0.15) is 0 Å². The Hall–Kier alpha value is -2.87. The van der Waals surface area contributed by atoms with Gasteiger partial charge in [0.25, 0.3) is 0 Å². The molecule has 0 aliphatic rings. The first-order valence-corrected chi connectivity index (χ1v) is 13.0. The van der Waals surface area contributed by atoms with Gasteiger partial charge in [-0.25, -0.2) is 9.67 Å². The highest BCUT2D eigenvalue weighted by Gasteiger charge is 2.19. The first kappa shape index (κ1) is 25.2. The summed E-state index contributed by atoms with van der Waals surface area (Å²) in [6.07, 6.45) is 4.36. The number of rotatable bonds is 5. The predicted octanol–water partition coefficient (Wildman–Crippen LogP) is 7.68. The molecule has 0 amide bonds. The zero-order chi connectivity index (χ0) is 25.1. The Morgan fingerprint density at radius 3 is 2.54 bits per heavy atom. The molecule has 6 nitrogen and oxygen atoms in total. The molecule has 5 rings (SSSR count). The minimum atomic E-state index is 0.250. The van der Waals surface area contributed by atoms with Gasteiger partial charge in [0.15, 0.2) is 0 Å². The Balaban J connectivity index is 0.000000917. The number of aryl methyl sites for hydroxylation is 1. The van der Waals surface area contributed by atoms with Crippen LogP contribution in [0.3, 0.4) is 0 Å². The summed E-state index contributed by atoms with van der Waals surface area (Å²) >= 11 is 15.9. The number of halogens is 2. The number of H-pyrrole nitrogens is 1. The van der Waals surface area contributed by atoms with Crippen LogP contribution in [0.2, 0.25) is 10.0 Å². The first-order valence-electron chi connectivity index (χ1n) is 10.6. The van der Waals surface area contributed by atoms with Gasteiger partial charge in [0, 0.05) is 45.2 Å². The van der Waals surface area contributed by atoms with Crippen molar-refractivity contribution in [1.29, 1.82) is 0 Å². The highest BCUT2D eigenvalue weighted by Crippen LogP contribution is 2.41. The molecule has 35 heavy (non-hydrogen) atoms. The van der Waals surface area contributed by atoms with Gasteiger partial charge in [0.2, 0.25) is 5.13 Å². The smallest absolute Gasteiger partial charge is 0.361 e. The van der Waals surface area contributed by atoms with Crippen molar-refractivity contribution in [3.8, 4) is 27.5 Å². The molecule has 0 saturated heterocycles. The predicted molar refractivity (Wildman–Crippen MR) is 143 cm³/mol. The van der Waals surface area contributed by atoms with Crippen LogP contribution in [0.4, 0.5) is 0 Å². The van der Waals surface area contributed by atoms with E-state index in [0.29, 0.717) is 15.3 Å². The second kappa shape index (κ2) is 10.8. The van der Waals surface area contributed by atoms with Gasteiger partial charge < -0.3 is 4.98 Å². The molecule has 0 radical (unpaired) electrons. The molecule has 0 bridgehead atoms. The summed E-state index contributed by atoms with van der Waals surface area (Å²) in [4.78, 5) is 24.6. The molecular formula is C25H20Cl2N4O2S2. The monoisotopic (exact) mass is 542 g/mol. The maximum Gasteiger partial charge on any atom is 0.373 e. The van der Waals surface area contributed by atoms with E-state index in [1.807, 2.05) is 42.1 Å². The standard InChI is InChI=1S/C24H20Cl2N4S2.CO2/c1-13(2)31-23-22(15-8-9-19(25)20(26)10-15)28-24(32-23)30-12-18(14(3)29-30)17-11-27-21-7-5-4-6-16(17)21;2-1-3/h4-13,27H,1-3H3;. The molecule has 0 fully saturated rings. The highest BCUT2D eigenvalue weighted by atomic mass is 35.5. The SMILES string of the molecule is Cc1nn(-c2nc(-c3ccc(Cl)c(Cl)c3)c(SC(C)C)s2)cc1-c1c[nH]c2ccccc12.O=C=O. The number of thioether (sulfide) groups is 1. The van der Waals surface area contributed by atoms with Crippen LogP contribution >= 0.6 is 46.3 Å². The molecule has 0 atom stereocenters. The van der Waals surface area contributed by atoms with E-state index < -0.39 is 0 Å². The van der Waals surface area contributed by atoms with Crippen molar-refractivity contribution in [3.63, 3.8) is 0 Å².